The number of aromatic nitrogens is 2. The van der Waals surface area contributed by atoms with Gasteiger partial charge in [-0.3, -0.25) is 4.98 Å². The number of hydrogen-bond donors (Lipinski definition) is 1. The average Bonchev–Trinajstić information content (AvgIpc) is 3.43. The first-order chi connectivity index (χ1) is 16.2. The fourth-order valence-corrected chi connectivity index (χ4v) is 4.71. The Morgan fingerprint density at radius 3 is 2.36 bits per heavy atom. The summed E-state index contributed by atoms with van der Waals surface area (Å²) in [6.45, 7) is 0. The van der Waals surface area contributed by atoms with Gasteiger partial charge in [-0.05, 0) is 52.6 Å². The van der Waals surface area contributed by atoms with Crippen molar-refractivity contribution in [2.45, 2.75) is 5.60 Å². The van der Waals surface area contributed by atoms with Gasteiger partial charge in [-0.1, -0.05) is 60.7 Å². The number of pyridine rings is 1. The molecule has 0 radical (unpaired) electrons. The normalized spacial score (nSPS) is 13.3. The Balaban J connectivity index is 1.65. The Hall–Kier alpha value is -3.80. The predicted octanol–water partition coefficient (Wildman–Crippen LogP) is 6.15. The van der Waals surface area contributed by atoms with Gasteiger partial charge in [0.15, 0.2) is 5.60 Å². The van der Waals surface area contributed by atoms with Crippen LogP contribution in [0.3, 0.4) is 0 Å². The molecule has 33 heavy (non-hydrogen) atoms. The number of ether oxygens (including phenoxy) is 1. The van der Waals surface area contributed by atoms with Crippen LogP contribution < -0.4 is 4.74 Å². The molecule has 5 aromatic rings. The molecule has 4 nitrogen and oxygen atoms in total. The molecule has 1 atom stereocenters. The highest BCUT2D eigenvalue weighted by Crippen LogP contribution is 2.39. The van der Waals surface area contributed by atoms with Crippen LogP contribution >= 0.6 is 11.3 Å². The lowest BCUT2D eigenvalue weighted by molar-refractivity contribution is 0.125. The molecule has 1 N–H and O–H groups in total. The summed E-state index contributed by atoms with van der Waals surface area (Å²) < 4.78 is 5.30. The second-order valence-electron chi connectivity index (χ2n) is 7.65. The van der Waals surface area contributed by atoms with E-state index in [4.69, 9.17) is 4.74 Å². The third-order valence-corrected chi connectivity index (χ3v) is 6.58. The van der Waals surface area contributed by atoms with E-state index in [-0.39, 0.29) is 0 Å². The first-order valence-electron chi connectivity index (χ1n) is 10.6. The summed E-state index contributed by atoms with van der Waals surface area (Å²) in [5, 5.41) is 15.6. The van der Waals surface area contributed by atoms with E-state index < -0.39 is 5.60 Å². The minimum atomic E-state index is -1.40. The zero-order chi connectivity index (χ0) is 22.7. The third-order valence-electron chi connectivity index (χ3n) is 5.70. The maximum Gasteiger partial charge on any atom is 0.166 e. The molecule has 1 unspecified atom stereocenters. The van der Waals surface area contributed by atoms with Gasteiger partial charge in [0, 0.05) is 23.2 Å². The van der Waals surface area contributed by atoms with Crippen LogP contribution in [0.5, 0.6) is 5.75 Å². The van der Waals surface area contributed by atoms with Crippen LogP contribution in [0, 0.1) is 0 Å². The first kappa shape index (κ1) is 21.1. The number of fused-ring (bicyclic) bond motifs is 1. The molecule has 5 heteroatoms. The summed E-state index contributed by atoms with van der Waals surface area (Å²) in [5.74, 6) is 0.733. The van der Waals surface area contributed by atoms with E-state index in [0.717, 1.165) is 38.9 Å². The molecule has 0 saturated heterocycles. The fraction of sp³-hybridized carbons (Fsp3) is 0.0714. The van der Waals surface area contributed by atoms with Crippen molar-refractivity contribution < 1.29 is 9.84 Å². The Labute approximate surface area is 196 Å². The number of benzene rings is 3. The average molecular weight is 451 g/mol. The van der Waals surface area contributed by atoms with Crippen LogP contribution in [0.1, 0.15) is 27.3 Å². The number of methoxy groups -OCH3 is 1. The van der Waals surface area contributed by atoms with Crippen molar-refractivity contribution in [3.63, 3.8) is 0 Å². The van der Waals surface area contributed by atoms with Crippen LogP contribution in [0.2, 0.25) is 0 Å². The van der Waals surface area contributed by atoms with Gasteiger partial charge in [-0.25, -0.2) is 4.98 Å². The van der Waals surface area contributed by atoms with Gasteiger partial charge < -0.3 is 9.84 Å². The molecule has 0 spiro atoms. The maximum absolute atomic E-state index is 12.1. The summed E-state index contributed by atoms with van der Waals surface area (Å²) in [5.41, 5.74) is 3.08. The largest absolute Gasteiger partial charge is 0.497 e. The molecule has 3 aromatic carbocycles. The smallest absolute Gasteiger partial charge is 0.166 e. The van der Waals surface area contributed by atoms with Gasteiger partial charge in [0.1, 0.15) is 10.8 Å². The fourth-order valence-electron chi connectivity index (χ4n) is 3.94. The lowest BCUT2D eigenvalue weighted by Gasteiger charge is -2.28. The molecule has 2 heterocycles. The van der Waals surface area contributed by atoms with E-state index >= 15 is 0 Å². The van der Waals surface area contributed by atoms with Crippen molar-refractivity contribution in [2.75, 3.05) is 7.11 Å². The predicted molar refractivity (Wildman–Crippen MR) is 134 cm³/mol. The SMILES string of the molecule is COc1ccc(C(O)(c2ccc3nccc(C=Cc4ccccc4)c3c2)c2nccs2)cc1. The van der Waals surface area contributed by atoms with E-state index in [1.54, 1.807) is 13.3 Å². The minimum Gasteiger partial charge on any atom is -0.497 e. The summed E-state index contributed by atoms with van der Waals surface area (Å²) in [7, 11) is 1.63. The highest BCUT2D eigenvalue weighted by Gasteiger charge is 2.36. The molecule has 2 aromatic heterocycles. The van der Waals surface area contributed by atoms with Gasteiger partial charge in [-0.2, -0.15) is 0 Å². The molecule has 0 saturated carbocycles. The Kier molecular flexibility index (Phi) is 5.73. The number of rotatable bonds is 6. The van der Waals surface area contributed by atoms with Crippen LogP contribution in [0.25, 0.3) is 23.1 Å². The molecule has 0 amide bonds. The standard InChI is InChI=1S/C28H22N2O2S/c1-32-24-12-9-22(10-13-24)28(31,27-30-17-18-33-27)23-11-14-26-25(19-23)21(15-16-29-26)8-7-20-5-3-2-4-6-20/h2-19,31H,1H3. The Morgan fingerprint density at radius 2 is 1.64 bits per heavy atom. The number of nitrogens with zero attached hydrogens (tertiary/aromatic N) is 2. The molecular weight excluding hydrogens is 428 g/mol. The van der Waals surface area contributed by atoms with Gasteiger partial charge >= 0.3 is 0 Å². The monoisotopic (exact) mass is 450 g/mol. The number of thiazole rings is 1. The summed E-state index contributed by atoms with van der Waals surface area (Å²) in [4.78, 5) is 9.00. The molecular formula is C28H22N2O2S. The van der Waals surface area contributed by atoms with Crippen LogP contribution in [-0.4, -0.2) is 22.2 Å². The summed E-state index contributed by atoms with van der Waals surface area (Å²) in [6, 6.07) is 25.5. The highest BCUT2D eigenvalue weighted by atomic mass is 32.1. The third kappa shape index (κ3) is 4.04. The molecule has 5 rings (SSSR count). The summed E-state index contributed by atoms with van der Waals surface area (Å²) >= 11 is 1.42. The second kappa shape index (κ2) is 8.98. The van der Waals surface area contributed by atoms with Crippen molar-refractivity contribution in [1.82, 2.24) is 9.97 Å². The van der Waals surface area contributed by atoms with Crippen LogP contribution in [0.4, 0.5) is 0 Å². The van der Waals surface area contributed by atoms with E-state index in [2.05, 4.69) is 34.3 Å². The zero-order valence-corrected chi connectivity index (χ0v) is 18.9. The minimum absolute atomic E-state index is 0.609. The van der Waals surface area contributed by atoms with Crippen molar-refractivity contribution in [1.29, 1.82) is 0 Å². The molecule has 0 aliphatic rings. The van der Waals surface area contributed by atoms with Crippen molar-refractivity contribution in [3.05, 3.63) is 124 Å². The van der Waals surface area contributed by atoms with Crippen LogP contribution in [0.15, 0.2) is 96.6 Å². The van der Waals surface area contributed by atoms with Crippen molar-refractivity contribution >= 4 is 34.4 Å². The highest BCUT2D eigenvalue weighted by molar-refractivity contribution is 7.09. The Bertz CT molecular complexity index is 1400. The molecule has 0 aliphatic carbocycles. The van der Waals surface area contributed by atoms with E-state index in [1.165, 1.54) is 11.3 Å². The quantitative estimate of drug-likeness (QED) is 0.337. The van der Waals surface area contributed by atoms with Crippen molar-refractivity contribution in [2.24, 2.45) is 0 Å². The van der Waals surface area contributed by atoms with E-state index in [9.17, 15) is 5.11 Å². The lowest BCUT2D eigenvalue weighted by atomic mass is 9.85. The maximum atomic E-state index is 12.1. The number of hydrogen-bond acceptors (Lipinski definition) is 5. The van der Waals surface area contributed by atoms with Gasteiger partial charge in [0.25, 0.3) is 0 Å². The lowest BCUT2D eigenvalue weighted by Crippen LogP contribution is -2.28. The van der Waals surface area contributed by atoms with E-state index in [1.807, 2.05) is 78.3 Å². The topological polar surface area (TPSA) is 55.2 Å². The van der Waals surface area contributed by atoms with Crippen LogP contribution in [-0.2, 0) is 5.60 Å². The second-order valence-corrected chi connectivity index (χ2v) is 8.55. The van der Waals surface area contributed by atoms with Crippen molar-refractivity contribution in [3.8, 4) is 5.75 Å². The molecule has 162 valence electrons. The van der Waals surface area contributed by atoms with Gasteiger partial charge in [0.05, 0.1) is 12.6 Å². The molecule has 0 bridgehead atoms. The zero-order valence-electron chi connectivity index (χ0n) is 18.1. The first-order valence-corrected chi connectivity index (χ1v) is 11.5. The van der Waals surface area contributed by atoms with Gasteiger partial charge in [0.2, 0.25) is 0 Å². The van der Waals surface area contributed by atoms with E-state index in [0.29, 0.717) is 5.01 Å². The van der Waals surface area contributed by atoms with Gasteiger partial charge in [-0.15, -0.1) is 11.3 Å². The molecule has 0 fully saturated rings. The number of aliphatic hydroxyl groups is 1. The summed E-state index contributed by atoms with van der Waals surface area (Å²) in [6.07, 6.45) is 7.69. The molecule has 0 aliphatic heterocycles. The Morgan fingerprint density at radius 1 is 0.848 bits per heavy atom.